The van der Waals surface area contributed by atoms with Crippen LogP contribution in [-0.2, 0) is 4.79 Å². The summed E-state index contributed by atoms with van der Waals surface area (Å²) in [5, 5.41) is 2.66. The van der Waals surface area contributed by atoms with Gasteiger partial charge in [0.15, 0.2) is 0 Å². The van der Waals surface area contributed by atoms with Crippen LogP contribution in [0.15, 0.2) is 12.7 Å². The highest BCUT2D eigenvalue weighted by Crippen LogP contribution is 1.95. The van der Waals surface area contributed by atoms with Crippen molar-refractivity contribution in [2.75, 3.05) is 7.05 Å². The quantitative estimate of drug-likeness (QED) is 0.448. The Morgan fingerprint density at radius 3 is 2.67 bits per heavy atom. The lowest BCUT2D eigenvalue weighted by Gasteiger charge is -2.06. The summed E-state index contributed by atoms with van der Waals surface area (Å²) in [5.74, 6) is 0. The van der Waals surface area contributed by atoms with E-state index in [1.807, 2.05) is 0 Å². The number of hydrogen-bond acceptors (Lipinski definition) is 2. The van der Waals surface area contributed by atoms with Crippen molar-refractivity contribution in [3.8, 4) is 0 Å². The summed E-state index contributed by atoms with van der Waals surface area (Å²) in [7, 11) is 1.72. The highest BCUT2D eigenvalue weighted by atomic mass is 32.1. The van der Waals surface area contributed by atoms with Gasteiger partial charge in [0.1, 0.15) is 0 Å². The molecule has 0 unspecified atom stereocenters. The number of hydrogen-bond donors (Lipinski definition) is 2. The summed E-state index contributed by atoms with van der Waals surface area (Å²) >= 11 is 3.66. The third-order valence-electron chi connectivity index (χ3n) is 1.05. The van der Waals surface area contributed by atoms with Gasteiger partial charge in [-0.2, -0.15) is 0 Å². The number of nitrogens with one attached hydrogen (secondary N) is 1. The molecule has 1 N–H and O–H groups in total. The Morgan fingerprint density at radius 2 is 2.56 bits per heavy atom. The lowest BCUT2D eigenvalue weighted by atomic mass is 10.2. The first-order chi connectivity index (χ1) is 4.22. The Labute approximate surface area is 60.7 Å². The first-order valence-electron chi connectivity index (χ1n) is 2.73. The number of rotatable bonds is 4. The summed E-state index contributed by atoms with van der Waals surface area (Å²) in [6.45, 7) is 3.50. The fourth-order valence-corrected chi connectivity index (χ4v) is 0.743. The molecule has 2 nitrogen and oxygen atoms in total. The molecule has 0 aliphatic carbocycles. The van der Waals surface area contributed by atoms with E-state index in [0.717, 1.165) is 0 Å². The summed E-state index contributed by atoms with van der Waals surface area (Å²) in [5.41, 5.74) is 0. The predicted octanol–water partition coefficient (Wildman–Crippen LogP) is 0.607. The molecule has 0 saturated carbocycles. The fourth-order valence-electron chi connectivity index (χ4n) is 0.509. The standard InChI is InChI=1S/C6H11NOS/c1-3-4-5(7-2)6(8)9/h3,5,7H,1,4H2,2H3,(H,8,9)/t5-/m1/s1. The molecule has 9 heavy (non-hydrogen) atoms. The number of thiol groups is 1. The second kappa shape index (κ2) is 4.58. The van der Waals surface area contributed by atoms with E-state index in [4.69, 9.17) is 0 Å². The van der Waals surface area contributed by atoms with Gasteiger partial charge in [-0.3, -0.25) is 4.79 Å². The molecule has 0 amide bonds. The van der Waals surface area contributed by atoms with E-state index in [0.29, 0.717) is 6.42 Å². The van der Waals surface area contributed by atoms with Crippen LogP contribution < -0.4 is 5.32 Å². The zero-order valence-electron chi connectivity index (χ0n) is 5.42. The van der Waals surface area contributed by atoms with Crippen LogP contribution in [0.4, 0.5) is 0 Å². The van der Waals surface area contributed by atoms with Crippen molar-refractivity contribution in [3.63, 3.8) is 0 Å². The molecule has 1 atom stereocenters. The van der Waals surface area contributed by atoms with Crippen molar-refractivity contribution < 1.29 is 4.79 Å². The van der Waals surface area contributed by atoms with E-state index in [2.05, 4.69) is 24.5 Å². The largest absolute Gasteiger partial charge is 0.310 e. The van der Waals surface area contributed by atoms with E-state index in [1.165, 1.54) is 0 Å². The van der Waals surface area contributed by atoms with Crippen molar-refractivity contribution in [2.24, 2.45) is 0 Å². The highest BCUT2D eigenvalue weighted by Gasteiger charge is 2.08. The maximum Gasteiger partial charge on any atom is 0.203 e. The molecule has 0 fully saturated rings. The molecule has 0 heterocycles. The van der Waals surface area contributed by atoms with Gasteiger partial charge in [-0.1, -0.05) is 6.08 Å². The molecule has 0 aromatic carbocycles. The van der Waals surface area contributed by atoms with Gasteiger partial charge in [-0.25, -0.2) is 0 Å². The van der Waals surface area contributed by atoms with Gasteiger partial charge in [-0.05, 0) is 13.5 Å². The van der Waals surface area contributed by atoms with Crippen molar-refractivity contribution in [2.45, 2.75) is 12.5 Å². The monoisotopic (exact) mass is 145 g/mol. The number of likely N-dealkylation sites (N-methyl/N-ethyl adjacent to an activating group) is 1. The maximum atomic E-state index is 10.5. The number of carbonyl (C=O) groups excluding carboxylic acids is 1. The van der Waals surface area contributed by atoms with Crippen LogP contribution in [0, 0.1) is 0 Å². The van der Waals surface area contributed by atoms with Crippen LogP contribution in [-0.4, -0.2) is 18.2 Å². The molecule has 52 valence electrons. The molecule has 0 aliphatic rings. The second-order valence-electron chi connectivity index (χ2n) is 1.70. The minimum atomic E-state index is -0.175. The Bertz CT molecular complexity index is 114. The van der Waals surface area contributed by atoms with Crippen molar-refractivity contribution in [1.29, 1.82) is 0 Å². The molecule has 0 radical (unpaired) electrons. The first kappa shape index (κ1) is 8.72. The van der Waals surface area contributed by atoms with Crippen molar-refractivity contribution in [3.05, 3.63) is 12.7 Å². The maximum absolute atomic E-state index is 10.5. The third kappa shape index (κ3) is 3.32. The van der Waals surface area contributed by atoms with Crippen LogP contribution in [0.2, 0.25) is 0 Å². The summed E-state index contributed by atoms with van der Waals surface area (Å²) < 4.78 is 0. The van der Waals surface area contributed by atoms with Crippen LogP contribution in [0.5, 0.6) is 0 Å². The zero-order chi connectivity index (χ0) is 7.28. The molecular weight excluding hydrogens is 134 g/mol. The second-order valence-corrected chi connectivity index (χ2v) is 2.14. The van der Waals surface area contributed by atoms with Crippen molar-refractivity contribution >= 4 is 17.7 Å². The molecule has 0 rings (SSSR count). The van der Waals surface area contributed by atoms with E-state index >= 15 is 0 Å². The van der Waals surface area contributed by atoms with Gasteiger partial charge in [0, 0.05) is 0 Å². The molecular formula is C6H11NOS. The van der Waals surface area contributed by atoms with E-state index in [1.54, 1.807) is 13.1 Å². The van der Waals surface area contributed by atoms with E-state index in [-0.39, 0.29) is 11.2 Å². The van der Waals surface area contributed by atoms with Crippen molar-refractivity contribution in [1.82, 2.24) is 5.32 Å². The molecule has 0 aromatic rings. The minimum absolute atomic E-state index is 0.141. The van der Waals surface area contributed by atoms with Crippen LogP contribution in [0.3, 0.4) is 0 Å². The molecule has 0 aromatic heterocycles. The topological polar surface area (TPSA) is 29.1 Å². The molecule has 0 bridgehead atoms. The smallest absolute Gasteiger partial charge is 0.203 e. The average molecular weight is 145 g/mol. The lowest BCUT2D eigenvalue weighted by Crippen LogP contribution is -2.30. The predicted molar refractivity (Wildman–Crippen MR) is 41.7 cm³/mol. The Hall–Kier alpha value is -0.280. The van der Waals surface area contributed by atoms with Crippen LogP contribution in [0.1, 0.15) is 6.42 Å². The average Bonchev–Trinajstić information content (AvgIpc) is 1.82. The lowest BCUT2D eigenvalue weighted by molar-refractivity contribution is -0.112. The molecule has 0 spiro atoms. The molecule has 0 saturated heterocycles. The minimum Gasteiger partial charge on any atom is -0.310 e. The number of carbonyl (C=O) groups is 1. The molecule has 3 heteroatoms. The first-order valence-corrected chi connectivity index (χ1v) is 3.18. The third-order valence-corrected chi connectivity index (χ3v) is 1.36. The highest BCUT2D eigenvalue weighted by molar-refractivity contribution is 7.96. The van der Waals surface area contributed by atoms with Gasteiger partial charge in [0.25, 0.3) is 0 Å². The summed E-state index contributed by atoms with van der Waals surface area (Å²) in [6.07, 6.45) is 2.33. The van der Waals surface area contributed by atoms with Gasteiger partial charge in [-0.15, -0.1) is 19.2 Å². The summed E-state index contributed by atoms with van der Waals surface area (Å²) in [4.78, 5) is 10.5. The van der Waals surface area contributed by atoms with Gasteiger partial charge in [0.2, 0.25) is 5.12 Å². The fraction of sp³-hybridized carbons (Fsp3) is 0.500. The van der Waals surface area contributed by atoms with Crippen LogP contribution >= 0.6 is 12.6 Å². The normalized spacial score (nSPS) is 12.7. The van der Waals surface area contributed by atoms with Gasteiger partial charge >= 0.3 is 0 Å². The zero-order valence-corrected chi connectivity index (χ0v) is 6.32. The Morgan fingerprint density at radius 1 is 2.00 bits per heavy atom. The SMILES string of the molecule is C=CC[C@@H](NC)C(=O)S. The Kier molecular flexibility index (Phi) is 4.44. The van der Waals surface area contributed by atoms with Crippen LogP contribution in [0.25, 0.3) is 0 Å². The Balaban J connectivity index is 3.67. The molecule has 0 aliphatic heterocycles. The summed E-state index contributed by atoms with van der Waals surface area (Å²) in [6, 6.07) is -0.175. The van der Waals surface area contributed by atoms with E-state index in [9.17, 15) is 4.79 Å². The van der Waals surface area contributed by atoms with Gasteiger partial charge < -0.3 is 5.32 Å². The van der Waals surface area contributed by atoms with Gasteiger partial charge in [0.05, 0.1) is 6.04 Å². The van der Waals surface area contributed by atoms with E-state index < -0.39 is 0 Å².